The molecule has 1 N–H and O–H groups in total. The van der Waals surface area contributed by atoms with E-state index in [4.69, 9.17) is 0 Å². The molecule has 4 atom stereocenters. The molecule has 4 aliphatic rings. The van der Waals surface area contributed by atoms with Crippen molar-refractivity contribution < 1.29 is 4.79 Å². The zero-order chi connectivity index (χ0) is 18.8. The van der Waals surface area contributed by atoms with Crippen LogP contribution in [0.15, 0.2) is 23.4 Å². The molecule has 2 heterocycles. The lowest BCUT2D eigenvalue weighted by Crippen LogP contribution is -2.66. The number of aryl methyl sites for hydroxylation is 2. The molecule has 0 spiro atoms. The van der Waals surface area contributed by atoms with Crippen LogP contribution in [0.4, 0.5) is 0 Å². The smallest absolute Gasteiger partial charge is 0.257 e. The second-order valence-corrected chi connectivity index (χ2v) is 8.95. The maximum Gasteiger partial charge on any atom is 0.257 e. The standard InChI is InChI=1S/C19H24N6O2/c1-12-3-16(26)15(9-24(12)2)17(27)22-18-5-13-4-14(6-18)8-19(7-13,10-18)25-21-11-20-23-25/h3,9,11,13-14H,4-8,10H2,1-2H3,(H,22,27)/t13-,14+,18?,19?. The third-order valence-corrected chi connectivity index (χ3v) is 6.91. The highest BCUT2D eigenvalue weighted by molar-refractivity contribution is 5.94. The molecule has 2 unspecified atom stereocenters. The summed E-state index contributed by atoms with van der Waals surface area (Å²) in [5.41, 5.74) is 0.381. The molecule has 4 saturated carbocycles. The van der Waals surface area contributed by atoms with Crippen LogP contribution in [0.1, 0.15) is 54.6 Å². The fraction of sp³-hybridized carbons (Fsp3) is 0.632. The van der Waals surface area contributed by atoms with Gasteiger partial charge in [0.2, 0.25) is 0 Å². The van der Waals surface area contributed by atoms with Crippen molar-refractivity contribution in [3.05, 3.63) is 40.1 Å². The van der Waals surface area contributed by atoms with Gasteiger partial charge >= 0.3 is 0 Å². The highest BCUT2D eigenvalue weighted by atomic mass is 16.2. The van der Waals surface area contributed by atoms with Gasteiger partial charge in [0, 0.05) is 30.5 Å². The van der Waals surface area contributed by atoms with Crippen molar-refractivity contribution in [1.29, 1.82) is 0 Å². The monoisotopic (exact) mass is 368 g/mol. The van der Waals surface area contributed by atoms with Gasteiger partial charge in [-0.15, -0.1) is 10.2 Å². The van der Waals surface area contributed by atoms with Crippen LogP contribution in [-0.2, 0) is 12.6 Å². The predicted octanol–water partition coefficient (Wildman–Crippen LogP) is 1.16. The van der Waals surface area contributed by atoms with E-state index < -0.39 is 0 Å². The molecular formula is C19H24N6O2. The molecule has 8 heteroatoms. The van der Waals surface area contributed by atoms with Crippen molar-refractivity contribution >= 4 is 5.91 Å². The molecule has 2 aromatic rings. The van der Waals surface area contributed by atoms with Gasteiger partial charge < -0.3 is 9.88 Å². The molecular weight excluding hydrogens is 344 g/mol. The number of hydrogen-bond donors (Lipinski definition) is 1. The number of nitrogens with one attached hydrogen (secondary N) is 1. The first-order valence-electron chi connectivity index (χ1n) is 9.61. The Morgan fingerprint density at radius 2 is 2.00 bits per heavy atom. The summed E-state index contributed by atoms with van der Waals surface area (Å²) in [7, 11) is 1.85. The van der Waals surface area contributed by atoms with E-state index >= 15 is 0 Å². The van der Waals surface area contributed by atoms with Crippen LogP contribution in [-0.4, -0.2) is 36.2 Å². The molecule has 4 fully saturated rings. The van der Waals surface area contributed by atoms with E-state index in [9.17, 15) is 9.59 Å². The minimum atomic E-state index is -0.287. The first-order valence-corrected chi connectivity index (χ1v) is 9.61. The molecule has 0 radical (unpaired) electrons. The Kier molecular flexibility index (Phi) is 3.39. The molecule has 4 aliphatic carbocycles. The number of nitrogens with zero attached hydrogens (tertiary/aromatic N) is 5. The van der Waals surface area contributed by atoms with Crippen LogP contribution in [0, 0.1) is 18.8 Å². The van der Waals surface area contributed by atoms with Gasteiger partial charge in [0.05, 0.1) is 5.54 Å². The quantitative estimate of drug-likeness (QED) is 0.877. The van der Waals surface area contributed by atoms with Gasteiger partial charge in [0.15, 0.2) is 11.8 Å². The Morgan fingerprint density at radius 1 is 1.26 bits per heavy atom. The van der Waals surface area contributed by atoms with Crippen LogP contribution in [0.25, 0.3) is 0 Å². The maximum absolute atomic E-state index is 13.0. The summed E-state index contributed by atoms with van der Waals surface area (Å²) < 4.78 is 1.82. The number of aromatic nitrogens is 5. The van der Waals surface area contributed by atoms with Gasteiger partial charge in [-0.05, 0) is 62.5 Å². The average molecular weight is 368 g/mol. The summed E-state index contributed by atoms with van der Waals surface area (Å²) in [6.45, 7) is 1.86. The van der Waals surface area contributed by atoms with Gasteiger partial charge in [0.1, 0.15) is 5.56 Å². The molecule has 1 amide bonds. The molecule has 0 aliphatic heterocycles. The van der Waals surface area contributed by atoms with Gasteiger partial charge in [0.25, 0.3) is 5.91 Å². The van der Waals surface area contributed by atoms with Crippen LogP contribution < -0.4 is 10.7 Å². The second kappa shape index (κ2) is 5.50. The Hall–Kier alpha value is -2.51. The Labute approximate surface area is 157 Å². The van der Waals surface area contributed by atoms with Crippen molar-refractivity contribution in [1.82, 2.24) is 30.1 Å². The van der Waals surface area contributed by atoms with Gasteiger partial charge in [-0.25, -0.2) is 0 Å². The summed E-state index contributed by atoms with van der Waals surface area (Å²) in [6.07, 6.45) is 9.17. The van der Waals surface area contributed by atoms with Crippen molar-refractivity contribution in [2.24, 2.45) is 18.9 Å². The van der Waals surface area contributed by atoms with E-state index in [1.54, 1.807) is 11.0 Å². The van der Waals surface area contributed by atoms with Gasteiger partial charge in [-0.3, -0.25) is 9.59 Å². The molecule has 27 heavy (non-hydrogen) atoms. The fourth-order valence-corrected chi connectivity index (χ4v) is 6.19. The van der Waals surface area contributed by atoms with E-state index in [0.29, 0.717) is 11.8 Å². The number of hydrogen-bond acceptors (Lipinski definition) is 5. The number of carbonyl (C=O) groups is 1. The first-order chi connectivity index (χ1) is 12.9. The number of rotatable bonds is 3. The van der Waals surface area contributed by atoms with E-state index in [1.165, 1.54) is 18.8 Å². The lowest BCUT2D eigenvalue weighted by atomic mass is 9.50. The topological polar surface area (TPSA) is 94.7 Å². The van der Waals surface area contributed by atoms with E-state index in [-0.39, 0.29) is 28.0 Å². The summed E-state index contributed by atoms with van der Waals surface area (Å²) in [6, 6.07) is 1.52. The minimum absolute atomic E-state index is 0.161. The molecule has 8 nitrogen and oxygen atoms in total. The Balaban J connectivity index is 1.48. The van der Waals surface area contributed by atoms with Crippen molar-refractivity contribution in [2.45, 2.75) is 56.5 Å². The number of tetrazole rings is 1. The summed E-state index contributed by atoms with van der Waals surface area (Å²) in [5, 5.41) is 15.7. The third-order valence-electron chi connectivity index (χ3n) is 6.91. The van der Waals surface area contributed by atoms with E-state index in [0.717, 1.165) is 37.8 Å². The third kappa shape index (κ3) is 2.53. The van der Waals surface area contributed by atoms with Gasteiger partial charge in [-0.1, -0.05) is 0 Å². The van der Waals surface area contributed by atoms with E-state index in [2.05, 4.69) is 20.7 Å². The molecule has 2 aromatic heterocycles. The number of amides is 1. The molecule has 142 valence electrons. The van der Waals surface area contributed by atoms with Gasteiger partial charge in [-0.2, -0.15) is 4.80 Å². The summed E-state index contributed by atoms with van der Waals surface area (Å²) in [5.74, 6) is 0.844. The highest BCUT2D eigenvalue weighted by Crippen LogP contribution is 2.60. The normalized spacial score (nSPS) is 34.0. The molecule has 0 saturated heterocycles. The van der Waals surface area contributed by atoms with Crippen molar-refractivity contribution in [3.63, 3.8) is 0 Å². The average Bonchev–Trinajstić information content (AvgIpc) is 3.12. The highest BCUT2D eigenvalue weighted by Gasteiger charge is 2.60. The lowest BCUT2D eigenvalue weighted by molar-refractivity contribution is -0.0810. The van der Waals surface area contributed by atoms with Crippen LogP contribution in [0.2, 0.25) is 0 Å². The largest absolute Gasteiger partial charge is 0.354 e. The maximum atomic E-state index is 13.0. The summed E-state index contributed by atoms with van der Waals surface area (Å²) in [4.78, 5) is 27.2. The first kappa shape index (κ1) is 16.6. The van der Waals surface area contributed by atoms with Crippen LogP contribution in [0.5, 0.6) is 0 Å². The fourth-order valence-electron chi connectivity index (χ4n) is 6.19. The Morgan fingerprint density at radius 3 is 2.67 bits per heavy atom. The zero-order valence-corrected chi connectivity index (χ0v) is 15.7. The Bertz CT molecular complexity index is 949. The summed E-state index contributed by atoms with van der Waals surface area (Å²) >= 11 is 0. The molecule has 4 bridgehead atoms. The zero-order valence-electron chi connectivity index (χ0n) is 15.7. The molecule has 0 aromatic carbocycles. The van der Waals surface area contributed by atoms with Crippen LogP contribution in [0.3, 0.4) is 0 Å². The van der Waals surface area contributed by atoms with Crippen molar-refractivity contribution in [2.75, 3.05) is 0 Å². The minimum Gasteiger partial charge on any atom is -0.354 e. The SMILES string of the molecule is Cc1cc(=O)c(C(=O)NC23C[C@H]4C[C@@H](C2)CC(n2ncnn2)(C4)C3)cn1C. The van der Waals surface area contributed by atoms with Crippen molar-refractivity contribution in [3.8, 4) is 0 Å². The number of pyridine rings is 1. The van der Waals surface area contributed by atoms with Crippen LogP contribution >= 0.6 is 0 Å². The lowest BCUT2D eigenvalue weighted by Gasteiger charge is -2.61. The molecule has 6 rings (SSSR count). The predicted molar refractivity (Wildman–Crippen MR) is 97.1 cm³/mol. The van der Waals surface area contributed by atoms with E-state index in [1.807, 2.05) is 18.5 Å². The number of carbonyl (C=O) groups excluding carboxylic acids is 1. The second-order valence-electron chi connectivity index (χ2n) is 8.95.